The normalized spacial score (nSPS) is 13.9. The minimum atomic E-state index is -0.0612. The van der Waals surface area contributed by atoms with Crippen LogP contribution < -0.4 is 0 Å². The standard InChI is InChI=1S/C27H42O2/c1-4-7-8-9-10-11-12-13-14-15-16-17-18-19-20-21-22-23-25-26(24-5-2)27(28)29-6-3/h7-8,10-11,13-14,16-17,19-20,22-23,26H,4-6,9,12,15,18,21,24-25H2,1-3H3. The molecule has 0 aliphatic heterocycles. The number of hydrogen-bond acceptors (Lipinski definition) is 2. The van der Waals surface area contributed by atoms with Crippen molar-refractivity contribution >= 4 is 5.97 Å². The van der Waals surface area contributed by atoms with Gasteiger partial charge in [-0.3, -0.25) is 4.79 Å². The van der Waals surface area contributed by atoms with Gasteiger partial charge < -0.3 is 4.74 Å². The van der Waals surface area contributed by atoms with Crippen molar-refractivity contribution in [3.63, 3.8) is 0 Å². The molecule has 29 heavy (non-hydrogen) atoms. The summed E-state index contributed by atoms with van der Waals surface area (Å²) in [6.07, 6.45) is 35.0. The lowest BCUT2D eigenvalue weighted by Crippen LogP contribution is -2.17. The molecule has 2 heteroatoms. The van der Waals surface area contributed by atoms with E-state index < -0.39 is 0 Å². The largest absolute Gasteiger partial charge is 0.466 e. The molecule has 0 aromatic heterocycles. The third-order valence-corrected chi connectivity index (χ3v) is 4.27. The minimum absolute atomic E-state index is 0.00422. The molecule has 0 saturated heterocycles. The maximum Gasteiger partial charge on any atom is 0.309 e. The van der Waals surface area contributed by atoms with Crippen LogP contribution in [0.5, 0.6) is 0 Å². The summed E-state index contributed by atoms with van der Waals surface area (Å²) in [5, 5.41) is 0. The van der Waals surface area contributed by atoms with Crippen molar-refractivity contribution in [2.75, 3.05) is 6.61 Å². The molecule has 2 nitrogen and oxygen atoms in total. The van der Waals surface area contributed by atoms with E-state index in [1.807, 2.05) is 6.92 Å². The van der Waals surface area contributed by atoms with Crippen molar-refractivity contribution in [2.45, 2.75) is 78.6 Å². The molecule has 162 valence electrons. The van der Waals surface area contributed by atoms with E-state index >= 15 is 0 Å². The van der Waals surface area contributed by atoms with Crippen LogP contribution in [-0.2, 0) is 9.53 Å². The van der Waals surface area contributed by atoms with Crippen molar-refractivity contribution in [3.8, 4) is 0 Å². The van der Waals surface area contributed by atoms with E-state index in [0.717, 1.165) is 57.8 Å². The van der Waals surface area contributed by atoms with E-state index in [-0.39, 0.29) is 11.9 Å². The number of hydrogen-bond donors (Lipinski definition) is 0. The van der Waals surface area contributed by atoms with Gasteiger partial charge in [0.2, 0.25) is 0 Å². The van der Waals surface area contributed by atoms with E-state index in [1.165, 1.54) is 0 Å². The van der Waals surface area contributed by atoms with Crippen LogP contribution in [0.2, 0.25) is 0 Å². The molecule has 0 rings (SSSR count). The molecule has 0 amide bonds. The molecule has 0 fully saturated rings. The Labute approximate surface area is 179 Å². The average Bonchev–Trinajstić information content (AvgIpc) is 2.72. The summed E-state index contributed by atoms with van der Waals surface area (Å²) in [7, 11) is 0. The number of esters is 1. The zero-order chi connectivity index (χ0) is 21.4. The van der Waals surface area contributed by atoms with Crippen LogP contribution in [0.15, 0.2) is 72.9 Å². The molecule has 0 bridgehead atoms. The average molecular weight is 399 g/mol. The van der Waals surface area contributed by atoms with Crippen LogP contribution in [0.4, 0.5) is 0 Å². The van der Waals surface area contributed by atoms with E-state index in [1.54, 1.807) is 0 Å². The Bertz CT molecular complexity index is 547. The monoisotopic (exact) mass is 398 g/mol. The van der Waals surface area contributed by atoms with Gasteiger partial charge in [0, 0.05) is 0 Å². The predicted octanol–water partition coefficient (Wildman–Crippen LogP) is 8.05. The molecular weight excluding hydrogens is 356 g/mol. The van der Waals surface area contributed by atoms with Gasteiger partial charge in [-0.1, -0.05) is 93.2 Å². The molecule has 1 unspecified atom stereocenters. The zero-order valence-electron chi connectivity index (χ0n) is 18.9. The first-order valence-corrected chi connectivity index (χ1v) is 11.3. The molecule has 0 aromatic carbocycles. The Balaban J connectivity index is 3.81. The number of rotatable bonds is 17. The van der Waals surface area contributed by atoms with Crippen molar-refractivity contribution in [3.05, 3.63) is 72.9 Å². The molecule has 0 spiro atoms. The Morgan fingerprint density at radius 3 is 1.45 bits per heavy atom. The first kappa shape index (κ1) is 26.9. The lowest BCUT2D eigenvalue weighted by molar-refractivity contribution is -0.148. The Morgan fingerprint density at radius 1 is 0.655 bits per heavy atom. The fraction of sp³-hybridized carbons (Fsp3) is 0.519. The maximum atomic E-state index is 11.9. The lowest BCUT2D eigenvalue weighted by Gasteiger charge is -2.12. The van der Waals surface area contributed by atoms with Crippen LogP contribution in [-0.4, -0.2) is 12.6 Å². The summed E-state index contributed by atoms with van der Waals surface area (Å²) in [5.41, 5.74) is 0. The van der Waals surface area contributed by atoms with Gasteiger partial charge in [0.1, 0.15) is 0 Å². The quantitative estimate of drug-likeness (QED) is 0.183. The summed E-state index contributed by atoms with van der Waals surface area (Å²) in [6.45, 7) is 6.58. The van der Waals surface area contributed by atoms with Gasteiger partial charge in [-0.2, -0.15) is 0 Å². The second-order valence-corrected chi connectivity index (χ2v) is 6.89. The first-order valence-electron chi connectivity index (χ1n) is 11.3. The molecule has 0 aromatic rings. The molecule has 0 heterocycles. The number of ether oxygens (including phenoxy) is 1. The van der Waals surface area contributed by atoms with Crippen LogP contribution >= 0.6 is 0 Å². The van der Waals surface area contributed by atoms with Crippen molar-refractivity contribution in [2.24, 2.45) is 5.92 Å². The maximum absolute atomic E-state index is 11.9. The fourth-order valence-electron chi connectivity index (χ4n) is 2.72. The Morgan fingerprint density at radius 2 is 1.07 bits per heavy atom. The second kappa shape index (κ2) is 22.2. The Hall–Kier alpha value is -2.09. The highest BCUT2D eigenvalue weighted by molar-refractivity contribution is 5.72. The van der Waals surface area contributed by atoms with Gasteiger partial charge >= 0.3 is 5.97 Å². The smallest absolute Gasteiger partial charge is 0.309 e. The van der Waals surface area contributed by atoms with E-state index in [9.17, 15) is 4.79 Å². The fourth-order valence-corrected chi connectivity index (χ4v) is 2.72. The summed E-state index contributed by atoms with van der Waals surface area (Å²) in [5.74, 6) is -0.0570. The highest BCUT2D eigenvalue weighted by Gasteiger charge is 2.16. The van der Waals surface area contributed by atoms with Gasteiger partial charge in [-0.25, -0.2) is 0 Å². The van der Waals surface area contributed by atoms with Crippen molar-refractivity contribution in [1.82, 2.24) is 0 Å². The predicted molar refractivity (Wildman–Crippen MR) is 128 cm³/mol. The Kier molecular flexibility index (Phi) is 20.6. The van der Waals surface area contributed by atoms with Gasteiger partial charge in [0.25, 0.3) is 0 Å². The number of carbonyl (C=O) groups is 1. The molecular formula is C27H42O2. The lowest BCUT2D eigenvalue weighted by atomic mass is 9.99. The summed E-state index contributed by atoms with van der Waals surface area (Å²) in [4.78, 5) is 11.9. The molecule has 0 aliphatic rings. The number of allylic oxidation sites excluding steroid dienone is 12. The highest BCUT2D eigenvalue weighted by Crippen LogP contribution is 2.14. The topological polar surface area (TPSA) is 26.3 Å². The summed E-state index contributed by atoms with van der Waals surface area (Å²) in [6, 6.07) is 0. The van der Waals surface area contributed by atoms with Crippen LogP contribution in [0.25, 0.3) is 0 Å². The summed E-state index contributed by atoms with van der Waals surface area (Å²) < 4.78 is 5.14. The highest BCUT2D eigenvalue weighted by atomic mass is 16.5. The minimum Gasteiger partial charge on any atom is -0.466 e. The molecule has 0 N–H and O–H groups in total. The van der Waals surface area contributed by atoms with E-state index in [0.29, 0.717) is 6.61 Å². The van der Waals surface area contributed by atoms with Gasteiger partial charge in [-0.15, -0.1) is 0 Å². The van der Waals surface area contributed by atoms with E-state index in [2.05, 4.69) is 86.8 Å². The van der Waals surface area contributed by atoms with Gasteiger partial charge in [0.15, 0.2) is 0 Å². The van der Waals surface area contributed by atoms with Crippen LogP contribution in [0, 0.1) is 5.92 Å². The van der Waals surface area contributed by atoms with Crippen LogP contribution in [0.3, 0.4) is 0 Å². The second-order valence-electron chi connectivity index (χ2n) is 6.89. The summed E-state index contributed by atoms with van der Waals surface area (Å²) >= 11 is 0. The number of carbonyl (C=O) groups excluding carboxylic acids is 1. The molecule has 0 aliphatic carbocycles. The van der Waals surface area contributed by atoms with Gasteiger partial charge in [-0.05, 0) is 58.3 Å². The SMILES string of the molecule is CCC=CCC=CCC=CCC=CCC=CCC=CCC(CCC)C(=O)OCC. The molecule has 0 saturated carbocycles. The van der Waals surface area contributed by atoms with Gasteiger partial charge in [0.05, 0.1) is 12.5 Å². The van der Waals surface area contributed by atoms with Crippen LogP contribution in [0.1, 0.15) is 78.6 Å². The van der Waals surface area contributed by atoms with Crippen molar-refractivity contribution in [1.29, 1.82) is 0 Å². The zero-order valence-corrected chi connectivity index (χ0v) is 18.9. The van der Waals surface area contributed by atoms with E-state index in [4.69, 9.17) is 4.74 Å². The molecule has 0 radical (unpaired) electrons. The third-order valence-electron chi connectivity index (χ3n) is 4.27. The first-order chi connectivity index (χ1) is 14.3. The third kappa shape index (κ3) is 19.0. The van der Waals surface area contributed by atoms with Crippen molar-refractivity contribution < 1.29 is 9.53 Å². The molecule has 1 atom stereocenters.